The minimum absolute atomic E-state index is 0.0959. The second kappa shape index (κ2) is 14.4. The molecule has 1 aliphatic heterocycles. The van der Waals surface area contributed by atoms with Crippen LogP contribution < -0.4 is 21.9 Å². The highest BCUT2D eigenvalue weighted by molar-refractivity contribution is 6.03. The number of nitrogens with one attached hydrogen (secondary N) is 2. The van der Waals surface area contributed by atoms with E-state index in [4.69, 9.17) is 10.5 Å². The molecule has 5 aromatic rings. The number of hydrogen-bond acceptors (Lipinski definition) is 8. The zero-order valence-electron chi connectivity index (χ0n) is 27.1. The Hall–Kier alpha value is -5.64. The molecule has 1 fully saturated rings. The number of carbonyl (C=O) groups is 1. The fraction of sp³-hybridized carbons (Fsp3) is 0.278. The summed E-state index contributed by atoms with van der Waals surface area (Å²) in [5.41, 5.74) is 8.76. The lowest BCUT2D eigenvalue weighted by Crippen LogP contribution is -2.38. The van der Waals surface area contributed by atoms with Gasteiger partial charge in [-0.25, -0.2) is 0 Å². The van der Waals surface area contributed by atoms with Crippen molar-refractivity contribution in [2.45, 2.75) is 19.5 Å². The fourth-order valence-corrected chi connectivity index (χ4v) is 5.89. The van der Waals surface area contributed by atoms with Gasteiger partial charge in [0.1, 0.15) is 11.4 Å². The molecular weight excluding hydrogens is 606 g/mol. The number of nitrogens with zero attached hydrogens (tertiary/aromatic N) is 6. The minimum Gasteiger partial charge on any atom is -0.381 e. The first-order valence-corrected chi connectivity index (χ1v) is 15.9. The van der Waals surface area contributed by atoms with E-state index in [-0.39, 0.29) is 16.9 Å². The average Bonchev–Trinajstić information content (AvgIpc) is 3.68. The second-order valence-corrected chi connectivity index (χ2v) is 11.6. The maximum atomic E-state index is 14.4. The van der Waals surface area contributed by atoms with Crippen molar-refractivity contribution in [3.05, 3.63) is 112 Å². The standard InChI is InChI=1S/C36H39N9O3/c1-4-15-38-34-32(33(37)41-42(34)3)35(46)40-25(2)30-22-28-10-8-9-27(31(28)36(47)45(30)29-11-6-5-7-12-29)14-13-26-23-39-44(24-26)17-16-43-18-20-48-21-19-43/h4-12,22-25,38H,1,15-21H2,2-3H3,(H2,37,41)(H,40,46). The molecule has 246 valence electrons. The van der Waals surface area contributed by atoms with Gasteiger partial charge in [-0.15, -0.1) is 6.58 Å². The molecule has 12 heteroatoms. The number of para-hydroxylation sites is 1. The maximum absolute atomic E-state index is 14.4. The highest BCUT2D eigenvalue weighted by Gasteiger charge is 2.25. The third-order valence-corrected chi connectivity index (χ3v) is 8.32. The summed E-state index contributed by atoms with van der Waals surface area (Å²) < 4.78 is 10.5. The maximum Gasteiger partial charge on any atom is 0.264 e. The van der Waals surface area contributed by atoms with Crippen molar-refractivity contribution in [3.63, 3.8) is 0 Å². The SMILES string of the molecule is C=CCNc1c(C(=O)NC(C)c2cc3cccc(C#Cc4cnn(CCN5CCOCC5)c4)c3c(=O)n2-c2ccccc2)c(N)nn1C. The van der Waals surface area contributed by atoms with Gasteiger partial charge >= 0.3 is 0 Å². The molecule has 1 unspecified atom stereocenters. The largest absolute Gasteiger partial charge is 0.381 e. The van der Waals surface area contributed by atoms with Crippen LogP contribution in [0.2, 0.25) is 0 Å². The van der Waals surface area contributed by atoms with Crippen LogP contribution in [0.5, 0.6) is 0 Å². The summed E-state index contributed by atoms with van der Waals surface area (Å²) in [6, 6.07) is 16.3. The van der Waals surface area contributed by atoms with Gasteiger partial charge in [0, 0.05) is 56.4 Å². The molecule has 0 saturated carbocycles. The quantitative estimate of drug-likeness (QED) is 0.156. The number of nitrogens with two attached hydrogens (primary N) is 1. The zero-order chi connectivity index (χ0) is 33.6. The number of ether oxygens (including phenoxy) is 1. The van der Waals surface area contributed by atoms with Gasteiger partial charge in [-0.2, -0.15) is 10.2 Å². The van der Waals surface area contributed by atoms with Gasteiger partial charge in [-0.3, -0.25) is 28.4 Å². The van der Waals surface area contributed by atoms with Crippen LogP contribution in [0.3, 0.4) is 0 Å². The normalized spacial score (nSPS) is 13.9. The predicted molar refractivity (Wildman–Crippen MR) is 187 cm³/mol. The summed E-state index contributed by atoms with van der Waals surface area (Å²) in [5, 5.41) is 16.1. The van der Waals surface area contributed by atoms with Crippen LogP contribution in [0.25, 0.3) is 16.5 Å². The van der Waals surface area contributed by atoms with E-state index in [0.29, 0.717) is 40.1 Å². The van der Waals surface area contributed by atoms with Gasteiger partial charge in [0.15, 0.2) is 5.82 Å². The monoisotopic (exact) mass is 645 g/mol. The van der Waals surface area contributed by atoms with E-state index in [0.717, 1.165) is 45.0 Å². The Bertz CT molecular complexity index is 2060. The molecule has 12 nitrogen and oxygen atoms in total. The molecule has 1 amide bonds. The molecule has 4 heterocycles. The zero-order valence-corrected chi connectivity index (χ0v) is 27.1. The smallest absolute Gasteiger partial charge is 0.264 e. The number of anilines is 2. The molecule has 48 heavy (non-hydrogen) atoms. The van der Waals surface area contributed by atoms with Crippen LogP contribution in [0.1, 0.15) is 40.1 Å². The molecule has 2 aromatic carbocycles. The summed E-state index contributed by atoms with van der Waals surface area (Å²) in [5.74, 6) is 6.58. The molecule has 0 radical (unpaired) electrons. The van der Waals surface area contributed by atoms with Crippen LogP contribution in [0, 0.1) is 11.8 Å². The molecular formula is C36H39N9O3. The lowest BCUT2D eigenvalue weighted by Gasteiger charge is -2.26. The van der Waals surface area contributed by atoms with Crippen molar-refractivity contribution in [1.29, 1.82) is 0 Å². The summed E-state index contributed by atoms with van der Waals surface area (Å²) in [7, 11) is 1.71. The first-order chi connectivity index (χ1) is 23.3. The Morgan fingerprint density at radius 1 is 1.12 bits per heavy atom. The van der Waals surface area contributed by atoms with Crippen molar-refractivity contribution >= 4 is 28.3 Å². The second-order valence-electron chi connectivity index (χ2n) is 11.6. The summed E-state index contributed by atoms with van der Waals surface area (Å²) in [6.45, 7) is 11.0. The Morgan fingerprint density at radius 3 is 2.69 bits per heavy atom. The Morgan fingerprint density at radius 2 is 1.92 bits per heavy atom. The summed E-state index contributed by atoms with van der Waals surface area (Å²) in [4.78, 5) is 30.4. The number of aromatic nitrogens is 5. The van der Waals surface area contributed by atoms with Gasteiger partial charge in [0.25, 0.3) is 11.5 Å². The first-order valence-electron chi connectivity index (χ1n) is 15.9. The van der Waals surface area contributed by atoms with Gasteiger partial charge < -0.3 is 21.1 Å². The van der Waals surface area contributed by atoms with Gasteiger partial charge in [-0.05, 0) is 36.6 Å². The summed E-state index contributed by atoms with van der Waals surface area (Å²) in [6.07, 6.45) is 5.35. The molecule has 0 aliphatic carbocycles. The Balaban J connectivity index is 1.33. The number of rotatable bonds is 10. The molecule has 1 atom stereocenters. The van der Waals surface area contributed by atoms with Crippen molar-refractivity contribution in [3.8, 4) is 17.5 Å². The van der Waals surface area contributed by atoms with Crippen LogP contribution >= 0.6 is 0 Å². The molecule has 0 spiro atoms. The van der Waals surface area contributed by atoms with Gasteiger partial charge in [-0.1, -0.05) is 48.2 Å². The first kappa shape index (κ1) is 32.3. The topological polar surface area (TPSA) is 137 Å². The highest BCUT2D eigenvalue weighted by atomic mass is 16.5. The number of fused-ring (bicyclic) bond motifs is 1. The van der Waals surface area contributed by atoms with E-state index in [9.17, 15) is 9.59 Å². The molecule has 6 rings (SSSR count). The van der Waals surface area contributed by atoms with E-state index >= 15 is 0 Å². The number of hydrogen-bond donors (Lipinski definition) is 3. The number of morpholine rings is 1. The van der Waals surface area contributed by atoms with E-state index in [1.54, 1.807) is 23.9 Å². The van der Waals surface area contributed by atoms with Crippen LogP contribution in [-0.2, 0) is 18.3 Å². The Labute approximate surface area is 278 Å². The minimum atomic E-state index is -0.584. The van der Waals surface area contributed by atoms with Crippen LogP contribution in [0.4, 0.5) is 11.6 Å². The van der Waals surface area contributed by atoms with Crippen molar-refractivity contribution < 1.29 is 9.53 Å². The van der Waals surface area contributed by atoms with E-state index in [1.165, 1.54) is 4.68 Å². The Kier molecular flexibility index (Phi) is 9.70. The van der Waals surface area contributed by atoms with E-state index in [1.807, 2.05) is 72.4 Å². The number of pyridine rings is 1. The molecule has 3 aromatic heterocycles. The van der Waals surface area contributed by atoms with Gasteiger partial charge in [0.2, 0.25) is 0 Å². The van der Waals surface area contributed by atoms with Gasteiger partial charge in [0.05, 0.1) is 42.9 Å². The molecule has 1 saturated heterocycles. The number of benzene rings is 2. The number of nitrogen functional groups attached to an aromatic ring is 1. The van der Waals surface area contributed by atoms with E-state index in [2.05, 4.69) is 44.2 Å². The molecule has 4 N–H and O–H groups in total. The van der Waals surface area contributed by atoms with Crippen LogP contribution in [0.15, 0.2) is 84.4 Å². The van der Waals surface area contributed by atoms with Crippen LogP contribution in [-0.4, -0.2) is 74.3 Å². The predicted octanol–water partition coefficient (Wildman–Crippen LogP) is 3.32. The lowest BCUT2D eigenvalue weighted by atomic mass is 10.0. The fourth-order valence-electron chi connectivity index (χ4n) is 5.89. The third-order valence-electron chi connectivity index (χ3n) is 8.32. The van der Waals surface area contributed by atoms with Crippen molar-refractivity contribution in [2.75, 3.05) is 50.4 Å². The molecule has 1 aliphatic rings. The van der Waals surface area contributed by atoms with Crippen molar-refractivity contribution in [1.82, 2.24) is 34.3 Å². The average molecular weight is 646 g/mol. The van der Waals surface area contributed by atoms with E-state index < -0.39 is 11.9 Å². The third kappa shape index (κ3) is 6.88. The molecule has 0 bridgehead atoms. The number of aryl methyl sites for hydroxylation is 1. The number of amides is 1. The summed E-state index contributed by atoms with van der Waals surface area (Å²) >= 11 is 0. The number of carbonyl (C=O) groups excluding carboxylic acids is 1. The van der Waals surface area contributed by atoms with Crippen molar-refractivity contribution in [2.24, 2.45) is 7.05 Å². The lowest BCUT2D eigenvalue weighted by molar-refractivity contribution is 0.0359. The highest BCUT2D eigenvalue weighted by Crippen LogP contribution is 2.26.